The van der Waals surface area contributed by atoms with E-state index in [0.29, 0.717) is 19.0 Å². The zero-order chi connectivity index (χ0) is 15.2. The molecule has 0 radical (unpaired) electrons. The zero-order valence-electron chi connectivity index (χ0n) is 13.8. The lowest BCUT2D eigenvalue weighted by Gasteiger charge is -2.34. The molecule has 1 saturated carbocycles. The molecule has 0 aromatic heterocycles. The second-order valence-corrected chi connectivity index (χ2v) is 7.09. The lowest BCUT2D eigenvalue weighted by Crippen LogP contribution is -2.49. The number of carbonyl (C=O) groups is 1. The molecule has 1 aliphatic heterocycles. The van der Waals surface area contributed by atoms with Crippen molar-refractivity contribution >= 4 is 5.91 Å². The van der Waals surface area contributed by atoms with Crippen molar-refractivity contribution in [1.82, 2.24) is 15.1 Å². The van der Waals surface area contributed by atoms with Gasteiger partial charge in [0.05, 0.1) is 19.3 Å². The molecule has 1 saturated heterocycles. The molecule has 0 bridgehead atoms. The van der Waals surface area contributed by atoms with Crippen molar-refractivity contribution in [2.45, 2.75) is 32.8 Å². The van der Waals surface area contributed by atoms with Gasteiger partial charge < -0.3 is 10.1 Å². The Hall–Kier alpha value is -0.650. The standard InChI is InChI=1S/C16H31N3O2/c1-13(2)9-19-6-7-21-15(11-19)8-17-16(20)12-18(3)10-14-4-5-14/h13-15H,4-12H2,1-3H3,(H,17,20)/t15-/m1/s1. The van der Waals surface area contributed by atoms with Crippen LogP contribution in [0.2, 0.25) is 0 Å². The predicted octanol–water partition coefficient (Wildman–Crippen LogP) is 0.801. The fourth-order valence-corrected chi connectivity index (χ4v) is 2.92. The molecule has 5 heteroatoms. The third kappa shape index (κ3) is 6.76. The quantitative estimate of drug-likeness (QED) is 0.720. The molecular formula is C16H31N3O2. The van der Waals surface area contributed by atoms with Crippen LogP contribution in [-0.2, 0) is 9.53 Å². The van der Waals surface area contributed by atoms with Crippen LogP contribution < -0.4 is 5.32 Å². The van der Waals surface area contributed by atoms with Gasteiger partial charge in [-0.05, 0) is 31.7 Å². The number of ether oxygens (including phenoxy) is 1. The van der Waals surface area contributed by atoms with Gasteiger partial charge in [0.15, 0.2) is 0 Å². The van der Waals surface area contributed by atoms with Crippen LogP contribution in [0, 0.1) is 11.8 Å². The van der Waals surface area contributed by atoms with Crippen LogP contribution in [0.4, 0.5) is 0 Å². The molecule has 2 fully saturated rings. The minimum Gasteiger partial charge on any atom is -0.374 e. The van der Waals surface area contributed by atoms with Crippen LogP contribution in [0.3, 0.4) is 0 Å². The molecule has 0 aromatic carbocycles. The van der Waals surface area contributed by atoms with Gasteiger partial charge in [0.1, 0.15) is 0 Å². The van der Waals surface area contributed by atoms with Gasteiger partial charge in [0, 0.05) is 32.7 Å². The van der Waals surface area contributed by atoms with Crippen LogP contribution in [0.5, 0.6) is 0 Å². The van der Waals surface area contributed by atoms with Crippen LogP contribution in [0.25, 0.3) is 0 Å². The molecule has 0 spiro atoms. The number of carbonyl (C=O) groups excluding carboxylic acids is 1. The molecule has 5 nitrogen and oxygen atoms in total. The number of rotatable bonds is 8. The maximum absolute atomic E-state index is 11.9. The molecule has 122 valence electrons. The highest BCUT2D eigenvalue weighted by Gasteiger charge is 2.24. The maximum atomic E-state index is 11.9. The molecular weight excluding hydrogens is 266 g/mol. The normalized spacial score (nSPS) is 23.8. The summed E-state index contributed by atoms with van der Waals surface area (Å²) in [5.74, 6) is 1.62. The summed E-state index contributed by atoms with van der Waals surface area (Å²) in [6, 6.07) is 0. The highest BCUT2D eigenvalue weighted by atomic mass is 16.5. The number of morpholine rings is 1. The van der Waals surface area contributed by atoms with Gasteiger partial charge in [-0.1, -0.05) is 13.8 Å². The average molecular weight is 297 g/mol. The fourth-order valence-electron chi connectivity index (χ4n) is 2.92. The first-order chi connectivity index (χ1) is 10.0. The van der Waals surface area contributed by atoms with Crippen molar-refractivity contribution in [3.05, 3.63) is 0 Å². The number of hydrogen-bond donors (Lipinski definition) is 1. The van der Waals surface area contributed by atoms with Crippen molar-refractivity contribution in [1.29, 1.82) is 0 Å². The van der Waals surface area contributed by atoms with Crippen molar-refractivity contribution in [2.75, 3.05) is 52.9 Å². The van der Waals surface area contributed by atoms with E-state index in [4.69, 9.17) is 4.74 Å². The van der Waals surface area contributed by atoms with E-state index in [-0.39, 0.29) is 12.0 Å². The summed E-state index contributed by atoms with van der Waals surface area (Å²) in [5, 5.41) is 3.02. The van der Waals surface area contributed by atoms with Crippen LogP contribution in [-0.4, -0.2) is 74.7 Å². The second kappa shape index (κ2) is 8.11. The molecule has 2 aliphatic rings. The van der Waals surface area contributed by atoms with Gasteiger partial charge in [0.2, 0.25) is 5.91 Å². The van der Waals surface area contributed by atoms with Gasteiger partial charge in [-0.3, -0.25) is 14.6 Å². The Bertz CT molecular complexity index is 331. The maximum Gasteiger partial charge on any atom is 0.234 e. The van der Waals surface area contributed by atoms with E-state index in [0.717, 1.165) is 38.7 Å². The average Bonchev–Trinajstić information content (AvgIpc) is 3.19. The number of hydrogen-bond acceptors (Lipinski definition) is 4. The first-order valence-corrected chi connectivity index (χ1v) is 8.32. The van der Waals surface area contributed by atoms with Gasteiger partial charge in [-0.2, -0.15) is 0 Å². The van der Waals surface area contributed by atoms with Crippen molar-refractivity contribution in [2.24, 2.45) is 11.8 Å². The molecule has 1 heterocycles. The molecule has 0 aromatic rings. The Kier molecular flexibility index (Phi) is 6.45. The monoisotopic (exact) mass is 297 g/mol. The highest BCUT2D eigenvalue weighted by molar-refractivity contribution is 5.78. The van der Waals surface area contributed by atoms with Gasteiger partial charge in [-0.25, -0.2) is 0 Å². The Balaban J connectivity index is 1.61. The summed E-state index contributed by atoms with van der Waals surface area (Å²) < 4.78 is 5.75. The van der Waals surface area contributed by atoms with Crippen molar-refractivity contribution < 1.29 is 9.53 Å². The number of nitrogens with one attached hydrogen (secondary N) is 1. The van der Waals surface area contributed by atoms with Gasteiger partial charge in [-0.15, -0.1) is 0 Å². The molecule has 1 atom stereocenters. The smallest absolute Gasteiger partial charge is 0.234 e. The number of amides is 1. The summed E-state index contributed by atoms with van der Waals surface area (Å²) >= 11 is 0. The zero-order valence-corrected chi connectivity index (χ0v) is 13.8. The molecule has 1 amide bonds. The summed E-state index contributed by atoms with van der Waals surface area (Å²) in [5.41, 5.74) is 0. The SMILES string of the molecule is CC(C)CN1CCO[C@H](CNC(=O)CN(C)CC2CC2)C1. The first kappa shape index (κ1) is 16.7. The fraction of sp³-hybridized carbons (Fsp3) is 0.938. The Morgan fingerprint density at radius 3 is 2.86 bits per heavy atom. The van der Waals surface area contributed by atoms with Crippen molar-refractivity contribution in [3.8, 4) is 0 Å². The highest BCUT2D eigenvalue weighted by Crippen LogP contribution is 2.29. The van der Waals surface area contributed by atoms with E-state index in [1.165, 1.54) is 12.8 Å². The van der Waals surface area contributed by atoms with Crippen molar-refractivity contribution in [3.63, 3.8) is 0 Å². The predicted molar refractivity (Wildman–Crippen MR) is 84.2 cm³/mol. The van der Waals surface area contributed by atoms with E-state index in [9.17, 15) is 4.79 Å². The molecule has 1 N–H and O–H groups in total. The van der Waals surface area contributed by atoms with E-state index < -0.39 is 0 Å². The summed E-state index contributed by atoms with van der Waals surface area (Å²) in [6.45, 7) is 10.5. The summed E-state index contributed by atoms with van der Waals surface area (Å²) in [6.07, 6.45) is 2.79. The second-order valence-electron chi connectivity index (χ2n) is 7.09. The first-order valence-electron chi connectivity index (χ1n) is 8.32. The number of likely N-dealkylation sites (N-methyl/N-ethyl adjacent to an activating group) is 1. The van der Waals surface area contributed by atoms with Crippen LogP contribution >= 0.6 is 0 Å². The Morgan fingerprint density at radius 2 is 2.19 bits per heavy atom. The number of nitrogens with zero attached hydrogens (tertiary/aromatic N) is 2. The molecule has 2 rings (SSSR count). The minimum absolute atomic E-state index is 0.114. The third-order valence-electron chi connectivity index (χ3n) is 4.05. The third-order valence-corrected chi connectivity index (χ3v) is 4.05. The lowest BCUT2D eigenvalue weighted by atomic mass is 10.2. The van der Waals surface area contributed by atoms with E-state index in [2.05, 4.69) is 29.0 Å². The largest absolute Gasteiger partial charge is 0.374 e. The van der Waals surface area contributed by atoms with E-state index >= 15 is 0 Å². The molecule has 0 unspecified atom stereocenters. The Labute approximate surface area is 129 Å². The minimum atomic E-state index is 0.114. The van der Waals surface area contributed by atoms with Gasteiger partial charge >= 0.3 is 0 Å². The van der Waals surface area contributed by atoms with Gasteiger partial charge in [0.25, 0.3) is 0 Å². The lowest BCUT2D eigenvalue weighted by molar-refractivity contribution is -0.123. The Morgan fingerprint density at radius 1 is 1.43 bits per heavy atom. The van der Waals surface area contributed by atoms with E-state index in [1.54, 1.807) is 0 Å². The molecule has 1 aliphatic carbocycles. The summed E-state index contributed by atoms with van der Waals surface area (Å²) in [4.78, 5) is 16.5. The van der Waals surface area contributed by atoms with Crippen LogP contribution in [0.1, 0.15) is 26.7 Å². The van der Waals surface area contributed by atoms with E-state index in [1.807, 2.05) is 7.05 Å². The topological polar surface area (TPSA) is 44.8 Å². The summed E-state index contributed by atoms with van der Waals surface area (Å²) in [7, 11) is 2.03. The molecule has 21 heavy (non-hydrogen) atoms. The van der Waals surface area contributed by atoms with Crippen LogP contribution in [0.15, 0.2) is 0 Å².